The van der Waals surface area contributed by atoms with E-state index in [1.165, 1.54) is 13.2 Å². The van der Waals surface area contributed by atoms with Crippen LogP contribution in [0.2, 0.25) is 0 Å². The molecule has 0 aliphatic carbocycles. The second-order valence-corrected chi connectivity index (χ2v) is 6.28. The number of methoxy groups -OCH3 is 1. The van der Waals surface area contributed by atoms with E-state index in [1.54, 1.807) is 12.1 Å². The molecule has 1 unspecified atom stereocenters. The van der Waals surface area contributed by atoms with Gasteiger partial charge in [-0.1, -0.05) is 0 Å². The van der Waals surface area contributed by atoms with Gasteiger partial charge in [0.1, 0.15) is 22.7 Å². The molecular formula is C17H14N3O6S-. The molecular weight excluding hydrogens is 374 g/mol. The number of hydrogen-bond acceptors (Lipinski definition) is 8. The maximum atomic E-state index is 10.9. The summed E-state index contributed by atoms with van der Waals surface area (Å²) in [5.74, 6) is 1.69. The molecule has 3 aromatic rings. The first kappa shape index (κ1) is 17.3. The lowest BCUT2D eigenvalue weighted by atomic mass is 10.0. The van der Waals surface area contributed by atoms with Gasteiger partial charge in [-0.2, -0.15) is 15.4 Å². The summed E-state index contributed by atoms with van der Waals surface area (Å²) < 4.78 is 42.7. The van der Waals surface area contributed by atoms with Gasteiger partial charge in [-0.3, -0.25) is 0 Å². The number of hydrogen-bond donors (Lipinski definition) is 1. The van der Waals surface area contributed by atoms with Crippen LogP contribution in [0.15, 0.2) is 30.3 Å². The number of rotatable bonds is 5. The molecule has 0 bridgehead atoms. The molecule has 1 aliphatic heterocycles. The molecule has 0 radical (unpaired) electrons. The third kappa shape index (κ3) is 3.20. The highest BCUT2D eigenvalue weighted by atomic mass is 32.2. The van der Waals surface area contributed by atoms with E-state index in [4.69, 9.17) is 18.4 Å². The largest absolute Gasteiger partial charge is 0.740 e. The van der Waals surface area contributed by atoms with Gasteiger partial charge in [0, 0.05) is 11.1 Å². The minimum atomic E-state index is -2.73. The van der Waals surface area contributed by atoms with Crippen LogP contribution < -0.4 is 18.4 Å². The van der Waals surface area contributed by atoms with Crippen LogP contribution in [0.3, 0.4) is 0 Å². The van der Waals surface area contributed by atoms with Gasteiger partial charge in [0.25, 0.3) is 0 Å². The summed E-state index contributed by atoms with van der Waals surface area (Å²) in [6, 6.07) is 8.60. The van der Waals surface area contributed by atoms with Crippen molar-refractivity contribution in [1.29, 1.82) is 0 Å². The predicted octanol–water partition coefficient (Wildman–Crippen LogP) is 2.36. The number of benzene rings is 2. The Bertz CT molecular complexity index is 1040. The van der Waals surface area contributed by atoms with Crippen molar-refractivity contribution >= 4 is 11.4 Å². The van der Waals surface area contributed by atoms with E-state index in [-0.39, 0.29) is 18.3 Å². The summed E-state index contributed by atoms with van der Waals surface area (Å²) in [6.45, 7) is 2.09. The normalized spacial score (nSPS) is 13.4. The zero-order chi connectivity index (χ0) is 19.0. The molecule has 4 rings (SSSR count). The van der Waals surface area contributed by atoms with Gasteiger partial charge in [-0.25, -0.2) is 4.21 Å². The molecule has 0 saturated heterocycles. The molecule has 10 heteroatoms. The fourth-order valence-electron chi connectivity index (χ4n) is 2.92. The van der Waals surface area contributed by atoms with Crippen molar-refractivity contribution in [2.24, 2.45) is 0 Å². The highest BCUT2D eigenvalue weighted by molar-refractivity contribution is 7.74. The lowest BCUT2D eigenvalue weighted by Crippen LogP contribution is -2.00. The number of nitrogens with zero attached hydrogens (tertiary/aromatic N) is 2. The van der Waals surface area contributed by atoms with E-state index in [9.17, 15) is 8.76 Å². The summed E-state index contributed by atoms with van der Waals surface area (Å²) in [7, 11) is 1.42. The molecule has 1 aromatic heterocycles. The molecule has 27 heavy (non-hydrogen) atoms. The van der Waals surface area contributed by atoms with Crippen LogP contribution in [-0.2, 0) is 11.4 Å². The molecule has 140 valence electrons. The third-order valence-electron chi connectivity index (χ3n) is 4.07. The Kier molecular flexibility index (Phi) is 4.42. The Hall–Kier alpha value is -3.11. The van der Waals surface area contributed by atoms with Gasteiger partial charge >= 0.3 is 0 Å². The molecule has 1 atom stereocenters. The minimum absolute atomic E-state index is 0.0548. The second-order valence-electron chi connectivity index (χ2n) is 5.70. The van der Waals surface area contributed by atoms with Gasteiger partial charge in [-0.05, 0) is 42.8 Å². The highest BCUT2D eigenvalue weighted by Gasteiger charge is 2.21. The first-order chi connectivity index (χ1) is 13.1. The fraction of sp³-hybridized carbons (Fsp3) is 0.176. The van der Waals surface area contributed by atoms with Crippen molar-refractivity contribution in [3.05, 3.63) is 35.9 Å². The topological polar surface area (TPSA) is 119 Å². The quantitative estimate of drug-likeness (QED) is 0.662. The Morgan fingerprint density at radius 1 is 1.11 bits per heavy atom. The third-order valence-corrected chi connectivity index (χ3v) is 4.39. The average molecular weight is 388 g/mol. The molecule has 9 nitrogen and oxygen atoms in total. The fourth-order valence-corrected chi connectivity index (χ4v) is 3.20. The number of aromatic amines is 1. The molecule has 0 amide bonds. The van der Waals surface area contributed by atoms with Gasteiger partial charge in [0.05, 0.1) is 7.11 Å². The number of fused-ring (bicyclic) bond motifs is 1. The van der Waals surface area contributed by atoms with E-state index in [2.05, 4.69) is 15.4 Å². The van der Waals surface area contributed by atoms with Crippen LogP contribution in [0.25, 0.3) is 22.5 Å². The Morgan fingerprint density at radius 3 is 2.63 bits per heavy atom. The van der Waals surface area contributed by atoms with Crippen molar-refractivity contribution < 1.29 is 27.2 Å². The maximum absolute atomic E-state index is 10.9. The number of H-pyrrole nitrogens is 1. The second kappa shape index (κ2) is 6.89. The first-order valence-electron chi connectivity index (χ1n) is 7.84. The summed E-state index contributed by atoms with van der Waals surface area (Å²) in [6.07, 6.45) is 0. The van der Waals surface area contributed by atoms with Crippen molar-refractivity contribution in [3.63, 3.8) is 0 Å². The number of ether oxygens (including phenoxy) is 3. The summed E-state index contributed by atoms with van der Waals surface area (Å²) in [5, 5.41) is 11.0. The highest BCUT2D eigenvalue weighted by Crippen LogP contribution is 2.41. The van der Waals surface area contributed by atoms with Crippen LogP contribution in [0, 0.1) is 6.92 Å². The van der Waals surface area contributed by atoms with Crippen LogP contribution in [0.1, 0.15) is 5.56 Å². The smallest absolute Gasteiger partial charge is 0.231 e. The zero-order valence-corrected chi connectivity index (χ0v) is 15.2. The van der Waals surface area contributed by atoms with Crippen LogP contribution in [0.4, 0.5) is 0 Å². The Labute approximate surface area is 156 Å². The lowest BCUT2D eigenvalue weighted by Gasteiger charge is -2.12. The van der Waals surface area contributed by atoms with Gasteiger partial charge < -0.3 is 22.9 Å². The van der Waals surface area contributed by atoms with Crippen molar-refractivity contribution in [2.75, 3.05) is 13.9 Å². The molecule has 0 spiro atoms. The first-order valence-corrected chi connectivity index (χ1v) is 8.84. The number of aryl methyl sites for hydroxylation is 1. The number of nitrogens with one attached hydrogen (secondary N) is 1. The van der Waals surface area contributed by atoms with E-state index >= 15 is 0 Å². The summed E-state index contributed by atoms with van der Waals surface area (Å²) in [5.41, 5.74) is 3.41. The van der Waals surface area contributed by atoms with E-state index in [1.807, 2.05) is 19.1 Å². The van der Waals surface area contributed by atoms with Crippen LogP contribution in [0.5, 0.6) is 23.0 Å². The molecule has 0 fully saturated rings. The lowest BCUT2D eigenvalue weighted by molar-refractivity contribution is 0.173. The molecule has 0 saturated carbocycles. The van der Waals surface area contributed by atoms with E-state index in [0.717, 1.165) is 11.1 Å². The van der Waals surface area contributed by atoms with Crippen molar-refractivity contribution in [2.45, 2.75) is 6.92 Å². The van der Waals surface area contributed by atoms with Crippen LogP contribution in [-0.4, -0.2) is 38.1 Å². The van der Waals surface area contributed by atoms with Crippen molar-refractivity contribution in [3.8, 4) is 45.5 Å². The maximum Gasteiger partial charge on any atom is 0.231 e. The SMILES string of the molecule is COc1ccc(-c2n[nH]nc2-c2cc(C)c3c(c2)OCO3)cc1OS(=O)[O-]. The van der Waals surface area contributed by atoms with E-state index < -0.39 is 11.4 Å². The monoisotopic (exact) mass is 388 g/mol. The molecule has 1 aliphatic rings. The summed E-state index contributed by atoms with van der Waals surface area (Å²) in [4.78, 5) is 0. The van der Waals surface area contributed by atoms with Gasteiger partial charge in [0.15, 0.2) is 23.0 Å². The van der Waals surface area contributed by atoms with E-state index in [0.29, 0.717) is 28.5 Å². The predicted molar refractivity (Wildman–Crippen MR) is 94.2 cm³/mol. The van der Waals surface area contributed by atoms with Gasteiger partial charge in [-0.15, -0.1) is 0 Å². The molecule has 2 heterocycles. The zero-order valence-electron chi connectivity index (χ0n) is 14.3. The minimum Gasteiger partial charge on any atom is -0.740 e. The number of aromatic nitrogens is 3. The Balaban J connectivity index is 1.79. The van der Waals surface area contributed by atoms with Crippen molar-refractivity contribution in [1.82, 2.24) is 15.4 Å². The molecule has 1 N–H and O–H groups in total. The summed E-state index contributed by atoms with van der Waals surface area (Å²) >= 11 is -2.73. The average Bonchev–Trinajstić information content (AvgIpc) is 3.30. The van der Waals surface area contributed by atoms with Gasteiger partial charge in [0.2, 0.25) is 6.79 Å². The Morgan fingerprint density at radius 2 is 1.89 bits per heavy atom. The van der Waals surface area contributed by atoms with Crippen LogP contribution >= 0.6 is 0 Å². The standard InChI is InChI=1S/C17H15N3O6S/c1-9-5-11(7-14-17(9)25-8-24-14)16-15(18-20-19-16)10-3-4-12(23-2)13(6-10)26-27(21)22/h3-7H,8H2,1-2H3,(H,21,22)(H,18,19,20)/p-1. The molecule has 2 aromatic carbocycles.